The number of imide groups is 1. The molecule has 102 valence electrons. The molecule has 1 aliphatic heterocycles. The molecule has 0 spiro atoms. The first kappa shape index (κ1) is 13.7. The molecule has 4 heteroatoms. The van der Waals surface area contributed by atoms with Gasteiger partial charge in [-0.15, -0.1) is 0 Å². The summed E-state index contributed by atoms with van der Waals surface area (Å²) in [6.07, 6.45) is 0.263. The number of amides is 2. The monoisotopic (exact) mass is 260 g/mol. The van der Waals surface area contributed by atoms with Crippen LogP contribution in [0.2, 0.25) is 0 Å². The van der Waals surface area contributed by atoms with Gasteiger partial charge >= 0.3 is 0 Å². The fourth-order valence-corrected chi connectivity index (χ4v) is 2.63. The van der Waals surface area contributed by atoms with Crippen molar-refractivity contribution in [2.75, 3.05) is 7.05 Å². The molecular weight excluding hydrogens is 240 g/mol. The third kappa shape index (κ3) is 2.68. The Hall–Kier alpha value is -1.68. The third-order valence-electron chi connectivity index (χ3n) is 3.75. The lowest BCUT2D eigenvalue weighted by Gasteiger charge is -2.15. The van der Waals surface area contributed by atoms with Gasteiger partial charge in [-0.25, -0.2) is 0 Å². The molecule has 0 bridgehead atoms. The molecule has 4 nitrogen and oxygen atoms in total. The highest BCUT2D eigenvalue weighted by Crippen LogP contribution is 2.17. The van der Waals surface area contributed by atoms with Crippen LogP contribution < -0.4 is 5.32 Å². The maximum absolute atomic E-state index is 11.8. The maximum atomic E-state index is 11.8. The van der Waals surface area contributed by atoms with E-state index in [0.29, 0.717) is 6.54 Å². The first-order valence-electron chi connectivity index (χ1n) is 6.50. The van der Waals surface area contributed by atoms with E-state index in [1.54, 1.807) is 0 Å². The number of hydrogen-bond donors (Lipinski definition) is 1. The van der Waals surface area contributed by atoms with E-state index in [1.165, 1.54) is 34.2 Å². The number of nitrogens with zero attached hydrogens (tertiary/aromatic N) is 1. The van der Waals surface area contributed by atoms with Gasteiger partial charge in [-0.3, -0.25) is 14.5 Å². The van der Waals surface area contributed by atoms with Gasteiger partial charge in [-0.2, -0.15) is 0 Å². The normalized spacial score (nSPS) is 19.4. The number of rotatable bonds is 3. The van der Waals surface area contributed by atoms with Crippen molar-refractivity contribution >= 4 is 11.8 Å². The summed E-state index contributed by atoms with van der Waals surface area (Å²) in [5, 5.41) is 3.20. The minimum Gasteiger partial charge on any atom is -0.301 e. The van der Waals surface area contributed by atoms with Gasteiger partial charge in [-0.1, -0.05) is 17.7 Å². The van der Waals surface area contributed by atoms with Crippen molar-refractivity contribution in [2.24, 2.45) is 0 Å². The summed E-state index contributed by atoms with van der Waals surface area (Å²) in [4.78, 5) is 24.5. The number of carbonyl (C=O) groups excluding carboxylic acids is 2. The Morgan fingerprint density at radius 3 is 2.26 bits per heavy atom. The second-order valence-corrected chi connectivity index (χ2v) is 5.31. The van der Waals surface area contributed by atoms with Gasteiger partial charge in [0.1, 0.15) is 0 Å². The summed E-state index contributed by atoms with van der Waals surface area (Å²) >= 11 is 0. The summed E-state index contributed by atoms with van der Waals surface area (Å²) in [6.45, 7) is 6.84. The molecule has 1 aliphatic rings. The van der Waals surface area contributed by atoms with Crippen LogP contribution in [0.15, 0.2) is 12.1 Å². The highest BCUT2D eigenvalue weighted by Gasteiger charge is 2.35. The van der Waals surface area contributed by atoms with Crippen molar-refractivity contribution in [1.82, 2.24) is 10.2 Å². The average molecular weight is 260 g/mol. The first-order valence-corrected chi connectivity index (χ1v) is 6.50. The topological polar surface area (TPSA) is 49.4 Å². The molecule has 0 saturated carbocycles. The minimum absolute atomic E-state index is 0.111. The molecule has 1 saturated heterocycles. The van der Waals surface area contributed by atoms with E-state index in [2.05, 4.69) is 38.2 Å². The number of likely N-dealkylation sites (N-methyl/N-ethyl adjacent to an activating group) is 1. The van der Waals surface area contributed by atoms with E-state index in [0.717, 1.165) is 0 Å². The van der Waals surface area contributed by atoms with Gasteiger partial charge < -0.3 is 5.32 Å². The highest BCUT2D eigenvalue weighted by atomic mass is 16.2. The Bertz CT molecular complexity index is 514. The summed E-state index contributed by atoms with van der Waals surface area (Å²) in [7, 11) is 1.54. The molecule has 2 amide bonds. The van der Waals surface area contributed by atoms with Crippen LogP contribution >= 0.6 is 0 Å². The van der Waals surface area contributed by atoms with Gasteiger partial charge in [0.15, 0.2) is 0 Å². The van der Waals surface area contributed by atoms with Crippen LogP contribution in [-0.4, -0.2) is 29.8 Å². The van der Waals surface area contributed by atoms with Gasteiger partial charge in [0.2, 0.25) is 11.8 Å². The number of benzene rings is 1. The Morgan fingerprint density at radius 1 is 1.21 bits per heavy atom. The maximum Gasteiger partial charge on any atom is 0.246 e. The fourth-order valence-electron chi connectivity index (χ4n) is 2.63. The molecule has 2 rings (SSSR count). The summed E-state index contributed by atoms with van der Waals surface area (Å²) in [6, 6.07) is 3.90. The minimum atomic E-state index is -0.377. The van der Waals surface area contributed by atoms with E-state index in [-0.39, 0.29) is 24.3 Å². The van der Waals surface area contributed by atoms with Crippen molar-refractivity contribution in [3.63, 3.8) is 0 Å². The Balaban J connectivity index is 2.08. The van der Waals surface area contributed by atoms with Crippen LogP contribution in [0, 0.1) is 20.8 Å². The molecule has 19 heavy (non-hydrogen) atoms. The zero-order chi connectivity index (χ0) is 14.2. The van der Waals surface area contributed by atoms with Gasteiger partial charge in [0, 0.05) is 13.6 Å². The largest absolute Gasteiger partial charge is 0.301 e. The molecule has 0 radical (unpaired) electrons. The molecule has 1 heterocycles. The number of hydrogen-bond acceptors (Lipinski definition) is 3. The molecule has 1 aromatic carbocycles. The lowest BCUT2D eigenvalue weighted by Crippen LogP contribution is -2.36. The second kappa shape index (κ2) is 5.13. The van der Waals surface area contributed by atoms with Crippen LogP contribution in [0.4, 0.5) is 0 Å². The first-order chi connectivity index (χ1) is 8.90. The van der Waals surface area contributed by atoms with Crippen molar-refractivity contribution in [1.29, 1.82) is 0 Å². The number of nitrogens with one attached hydrogen (secondary N) is 1. The zero-order valence-electron chi connectivity index (χ0n) is 11.9. The molecule has 1 aromatic rings. The summed E-state index contributed by atoms with van der Waals surface area (Å²) < 4.78 is 0. The lowest BCUT2D eigenvalue weighted by molar-refractivity contribution is -0.137. The van der Waals surface area contributed by atoms with Crippen molar-refractivity contribution < 1.29 is 9.59 Å². The van der Waals surface area contributed by atoms with E-state index in [4.69, 9.17) is 0 Å². The molecule has 1 atom stereocenters. The Morgan fingerprint density at radius 2 is 1.79 bits per heavy atom. The zero-order valence-corrected chi connectivity index (χ0v) is 11.9. The number of likely N-dealkylation sites (tertiary alicyclic amines) is 1. The SMILES string of the molecule is Cc1cc(C)c(CNC2CC(=O)N(C)C2=O)c(C)c1. The molecule has 1 N–H and O–H groups in total. The average Bonchev–Trinajstić information content (AvgIpc) is 2.55. The van der Waals surface area contributed by atoms with Crippen LogP contribution in [0.25, 0.3) is 0 Å². The molecule has 1 unspecified atom stereocenters. The van der Waals surface area contributed by atoms with Crippen LogP contribution in [0.5, 0.6) is 0 Å². The molecule has 0 aliphatic carbocycles. The Labute approximate surface area is 113 Å². The lowest BCUT2D eigenvalue weighted by atomic mass is 9.99. The molecular formula is C15H20N2O2. The predicted molar refractivity (Wildman–Crippen MR) is 73.7 cm³/mol. The van der Waals surface area contributed by atoms with E-state index in [1.807, 2.05) is 0 Å². The van der Waals surface area contributed by atoms with Gasteiger partial charge in [-0.05, 0) is 37.5 Å². The van der Waals surface area contributed by atoms with Crippen molar-refractivity contribution in [2.45, 2.75) is 39.8 Å². The van der Waals surface area contributed by atoms with Crippen LogP contribution in [-0.2, 0) is 16.1 Å². The van der Waals surface area contributed by atoms with Crippen molar-refractivity contribution in [3.8, 4) is 0 Å². The number of carbonyl (C=O) groups is 2. The van der Waals surface area contributed by atoms with Crippen molar-refractivity contribution in [3.05, 3.63) is 34.4 Å². The molecule has 0 aromatic heterocycles. The second-order valence-electron chi connectivity index (χ2n) is 5.31. The van der Waals surface area contributed by atoms with Gasteiger partial charge in [0.25, 0.3) is 0 Å². The van der Waals surface area contributed by atoms with E-state index >= 15 is 0 Å². The standard InChI is InChI=1S/C15H20N2O2/c1-9-5-10(2)12(11(3)6-9)8-16-13-7-14(18)17(4)15(13)19/h5-6,13,16H,7-8H2,1-4H3. The summed E-state index contributed by atoms with van der Waals surface area (Å²) in [5.41, 5.74) is 4.89. The van der Waals surface area contributed by atoms with E-state index < -0.39 is 0 Å². The highest BCUT2D eigenvalue weighted by molar-refractivity contribution is 6.05. The van der Waals surface area contributed by atoms with Gasteiger partial charge in [0.05, 0.1) is 12.5 Å². The molecule has 1 fully saturated rings. The quantitative estimate of drug-likeness (QED) is 0.837. The van der Waals surface area contributed by atoms with Crippen LogP contribution in [0.3, 0.4) is 0 Å². The smallest absolute Gasteiger partial charge is 0.246 e. The van der Waals surface area contributed by atoms with Crippen LogP contribution in [0.1, 0.15) is 28.7 Å². The number of aryl methyl sites for hydroxylation is 3. The Kier molecular flexibility index (Phi) is 3.71. The summed E-state index contributed by atoms with van der Waals surface area (Å²) in [5.74, 6) is -0.243. The fraction of sp³-hybridized carbons (Fsp3) is 0.467. The van der Waals surface area contributed by atoms with E-state index in [9.17, 15) is 9.59 Å². The predicted octanol–water partition coefficient (Wildman–Crippen LogP) is 1.46. The third-order valence-corrected chi connectivity index (χ3v) is 3.75.